The van der Waals surface area contributed by atoms with Crippen LogP contribution in [-0.4, -0.2) is 36.5 Å². The molecule has 94 valence electrons. The van der Waals surface area contributed by atoms with Crippen molar-refractivity contribution in [1.29, 1.82) is 0 Å². The summed E-state index contributed by atoms with van der Waals surface area (Å²) in [5.41, 5.74) is 0.753. The summed E-state index contributed by atoms with van der Waals surface area (Å²) in [6, 6.07) is 2.39. The molecule has 1 amide bonds. The highest BCUT2D eigenvalue weighted by Crippen LogP contribution is 2.21. The number of amides is 1. The Labute approximate surface area is 114 Å². The number of thiophene rings is 1. The van der Waals surface area contributed by atoms with Crippen LogP contribution < -0.4 is 5.32 Å². The Morgan fingerprint density at radius 1 is 1.71 bits per heavy atom. The second-order valence-corrected chi connectivity index (χ2v) is 6.56. The van der Waals surface area contributed by atoms with E-state index in [-0.39, 0.29) is 5.91 Å². The quantitative estimate of drug-likeness (QED) is 0.926. The number of nitrogens with one attached hydrogen (secondary N) is 1. The highest BCUT2D eigenvalue weighted by molar-refractivity contribution is 9.11. The van der Waals surface area contributed by atoms with Gasteiger partial charge < -0.3 is 5.32 Å². The molecule has 1 unspecified atom stereocenters. The number of carbonyl (C=O) groups excluding carboxylic acids is 1. The van der Waals surface area contributed by atoms with Crippen LogP contribution in [-0.2, 0) is 0 Å². The molecule has 1 aromatic rings. The van der Waals surface area contributed by atoms with Gasteiger partial charge in [0.05, 0.1) is 9.35 Å². The van der Waals surface area contributed by atoms with Crippen molar-refractivity contribution in [1.82, 2.24) is 10.2 Å². The molecule has 1 aliphatic rings. The summed E-state index contributed by atoms with van der Waals surface area (Å²) in [5.74, 6) is 0.0369. The first-order chi connectivity index (χ1) is 8.20. The van der Waals surface area contributed by atoms with E-state index < -0.39 is 0 Å². The van der Waals surface area contributed by atoms with Gasteiger partial charge in [-0.05, 0) is 47.9 Å². The largest absolute Gasteiger partial charge is 0.350 e. The van der Waals surface area contributed by atoms with Crippen LogP contribution in [0.4, 0.5) is 0 Å². The predicted molar refractivity (Wildman–Crippen MR) is 74.6 cm³/mol. The fourth-order valence-corrected chi connectivity index (χ4v) is 3.42. The van der Waals surface area contributed by atoms with Crippen LogP contribution >= 0.6 is 27.3 Å². The second kappa shape index (κ2) is 5.98. The maximum absolute atomic E-state index is 11.9. The Balaban J connectivity index is 1.84. The minimum atomic E-state index is 0.0369. The third-order valence-electron chi connectivity index (χ3n) is 3.23. The van der Waals surface area contributed by atoms with E-state index in [2.05, 4.69) is 33.1 Å². The summed E-state index contributed by atoms with van der Waals surface area (Å²) in [6.07, 6.45) is 2.44. The summed E-state index contributed by atoms with van der Waals surface area (Å²) < 4.78 is 0.999. The second-order valence-electron chi connectivity index (χ2n) is 4.27. The van der Waals surface area contributed by atoms with Gasteiger partial charge in [-0.1, -0.05) is 6.92 Å². The highest BCUT2D eigenvalue weighted by Gasteiger charge is 2.23. The third-order valence-corrected chi connectivity index (χ3v) is 4.74. The van der Waals surface area contributed by atoms with E-state index in [0.717, 1.165) is 22.4 Å². The van der Waals surface area contributed by atoms with E-state index >= 15 is 0 Å². The number of hydrogen-bond acceptors (Lipinski definition) is 3. The summed E-state index contributed by atoms with van der Waals surface area (Å²) in [7, 11) is 0. The first kappa shape index (κ1) is 13.1. The molecule has 0 saturated carbocycles. The molecule has 0 bridgehead atoms. The van der Waals surface area contributed by atoms with Gasteiger partial charge in [0.25, 0.3) is 5.91 Å². The molecule has 1 saturated heterocycles. The van der Waals surface area contributed by atoms with Crippen molar-refractivity contribution in [3.8, 4) is 0 Å². The Morgan fingerprint density at radius 3 is 3.18 bits per heavy atom. The van der Waals surface area contributed by atoms with Gasteiger partial charge in [0.1, 0.15) is 0 Å². The average molecular weight is 317 g/mol. The van der Waals surface area contributed by atoms with Gasteiger partial charge in [-0.25, -0.2) is 0 Å². The number of nitrogens with zero attached hydrogens (tertiary/aromatic N) is 1. The molecule has 0 radical (unpaired) electrons. The number of halogens is 1. The fourth-order valence-electron chi connectivity index (χ4n) is 2.28. The van der Waals surface area contributed by atoms with E-state index in [1.807, 2.05) is 11.4 Å². The maximum atomic E-state index is 11.9. The van der Waals surface area contributed by atoms with Crippen LogP contribution in [0.5, 0.6) is 0 Å². The molecule has 1 atom stereocenters. The molecule has 5 heteroatoms. The van der Waals surface area contributed by atoms with Gasteiger partial charge in [-0.15, -0.1) is 11.3 Å². The van der Waals surface area contributed by atoms with Gasteiger partial charge >= 0.3 is 0 Å². The number of carbonyl (C=O) groups is 1. The van der Waals surface area contributed by atoms with Crippen LogP contribution in [0.1, 0.15) is 30.1 Å². The standard InChI is InChI=1S/C12H17BrN2OS/c1-2-15-5-3-4-10(15)7-14-12(16)9-6-11(13)17-8-9/h6,8,10H,2-5,7H2,1H3,(H,14,16). The zero-order chi connectivity index (χ0) is 12.3. The van der Waals surface area contributed by atoms with Gasteiger partial charge in [-0.3, -0.25) is 9.69 Å². The van der Waals surface area contributed by atoms with E-state index in [1.165, 1.54) is 19.4 Å². The lowest BCUT2D eigenvalue weighted by atomic mass is 10.2. The molecule has 1 aliphatic heterocycles. The molecule has 1 fully saturated rings. The minimum Gasteiger partial charge on any atom is -0.350 e. The molecule has 2 rings (SSSR count). The Morgan fingerprint density at radius 2 is 2.53 bits per heavy atom. The molecule has 2 heterocycles. The zero-order valence-electron chi connectivity index (χ0n) is 9.91. The predicted octanol–water partition coefficient (Wildman–Crippen LogP) is 2.72. The van der Waals surface area contributed by atoms with E-state index in [9.17, 15) is 4.79 Å². The summed E-state index contributed by atoms with van der Waals surface area (Å²) >= 11 is 4.91. The summed E-state index contributed by atoms with van der Waals surface area (Å²) in [5, 5.41) is 4.90. The summed E-state index contributed by atoms with van der Waals surface area (Å²) in [4.78, 5) is 14.3. The minimum absolute atomic E-state index is 0.0369. The molecule has 17 heavy (non-hydrogen) atoms. The molecular formula is C12H17BrN2OS. The van der Waals surface area contributed by atoms with E-state index in [4.69, 9.17) is 0 Å². The van der Waals surface area contributed by atoms with Crippen LogP contribution in [0.3, 0.4) is 0 Å². The molecule has 1 N–H and O–H groups in total. The van der Waals surface area contributed by atoms with Crippen molar-refractivity contribution in [2.45, 2.75) is 25.8 Å². The van der Waals surface area contributed by atoms with Gasteiger partial charge in [-0.2, -0.15) is 0 Å². The molecule has 1 aromatic heterocycles. The Hall–Kier alpha value is -0.390. The lowest BCUT2D eigenvalue weighted by molar-refractivity contribution is 0.0942. The number of likely N-dealkylation sites (N-methyl/N-ethyl adjacent to an activating group) is 1. The van der Waals surface area contributed by atoms with Gasteiger partial charge in [0, 0.05) is 18.0 Å². The maximum Gasteiger partial charge on any atom is 0.252 e. The first-order valence-corrected chi connectivity index (χ1v) is 7.64. The van der Waals surface area contributed by atoms with Crippen molar-refractivity contribution in [2.24, 2.45) is 0 Å². The molecule has 0 aromatic carbocycles. The summed E-state index contributed by atoms with van der Waals surface area (Å²) in [6.45, 7) is 5.18. The Bertz CT molecular complexity index is 394. The third kappa shape index (κ3) is 3.30. The van der Waals surface area contributed by atoms with Crippen molar-refractivity contribution in [3.05, 3.63) is 20.8 Å². The number of hydrogen-bond donors (Lipinski definition) is 1. The normalized spacial score (nSPS) is 20.7. The van der Waals surface area contributed by atoms with Crippen LogP contribution in [0.25, 0.3) is 0 Å². The molecule has 0 aliphatic carbocycles. The topological polar surface area (TPSA) is 32.3 Å². The molecule has 0 spiro atoms. The zero-order valence-corrected chi connectivity index (χ0v) is 12.3. The van der Waals surface area contributed by atoms with E-state index in [0.29, 0.717) is 6.04 Å². The molecule has 3 nitrogen and oxygen atoms in total. The fraction of sp³-hybridized carbons (Fsp3) is 0.583. The van der Waals surface area contributed by atoms with Crippen LogP contribution in [0, 0.1) is 0 Å². The van der Waals surface area contributed by atoms with Crippen molar-refractivity contribution < 1.29 is 4.79 Å². The number of likely N-dealkylation sites (tertiary alicyclic amines) is 1. The van der Waals surface area contributed by atoms with Gasteiger partial charge in [0.15, 0.2) is 0 Å². The lowest BCUT2D eigenvalue weighted by Gasteiger charge is -2.22. The van der Waals surface area contributed by atoms with Crippen LogP contribution in [0.2, 0.25) is 0 Å². The van der Waals surface area contributed by atoms with Crippen molar-refractivity contribution in [3.63, 3.8) is 0 Å². The van der Waals surface area contributed by atoms with E-state index in [1.54, 1.807) is 11.3 Å². The lowest BCUT2D eigenvalue weighted by Crippen LogP contribution is -2.39. The number of rotatable bonds is 4. The van der Waals surface area contributed by atoms with Crippen LogP contribution in [0.15, 0.2) is 15.2 Å². The average Bonchev–Trinajstić information content (AvgIpc) is 2.94. The van der Waals surface area contributed by atoms with Gasteiger partial charge in [0.2, 0.25) is 0 Å². The monoisotopic (exact) mass is 316 g/mol. The highest BCUT2D eigenvalue weighted by atomic mass is 79.9. The first-order valence-electron chi connectivity index (χ1n) is 5.97. The smallest absolute Gasteiger partial charge is 0.252 e. The van der Waals surface area contributed by atoms with Crippen molar-refractivity contribution in [2.75, 3.05) is 19.6 Å². The Kier molecular flexibility index (Phi) is 4.59. The SMILES string of the molecule is CCN1CCCC1CNC(=O)c1csc(Br)c1. The van der Waals surface area contributed by atoms with Crippen molar-refractivity contribution >= 4 is 33.2 Å². The molecular weight excluding hydrogens is 300 g/mol.